The molecule has 0 bridgehead atoms. The van der Waals surface area contributed by atoms with Gasteiger partial charge in [-0.1, -0.05) is 20.4 Å². The Morgan fingerprint density at radius 1 is 1.39 bits per heavy atom. The van der Waals surface area contributed by atoms with E-state index in [9.17, 15) is 13.2 Å². The third-order valence-electron chi connectivity index (χ3n) is 2.66. The monoisotopic (exact) mass is 277 g/mol. The van der Waals surface area contributed by atoms with Crippen molar-refractivity contribution in [3.8, 4) is 0 Å². The van der Waals surface area contributed by atoms with Crippen LogP contribution in [0.3, 0.4) is 0 Å². The topological polar surface area (TPSA) is 72.5 Å². The molecule has 0 saturated heterocycles. The van der Waals surface area contributed by atoms with Gasteiger partial charge in [-0.2, -0.15) is 0 Å². The van der Waals surface area contributed by atoms with Gasteiger partial charge in [-0.05, 0) is 38.7 Å². The fourth-order valence-corrected chi connectivity index (χ4v) is 2.16. The first kappa shape index (κ1) is 17.1. The van der Waals surface area contributed by atoms with Crippen LogP contribution in [-0.2, 0) is 20.0 Å². The van der Waals surface area contributed by atoms with Crippen LogP contribution in [0, 0.1) is 5.92 Å². The number of hydrogen-bond donors (Lipinski definition) is 2. The van der Waals surface area contributed by atoms with Crippen LogP contribution in [0.15, 0.2) is 12.7 Å². The summed E-state index contributed by atoms with van der Waals surface area (Å²) in [4.78, 5) is 11.3. The number of thiol groups is 1. The molecule has 106 valence electrons. The molecule has 0 heterocycles. The molecule has 0 aromatic carbocycles. The lowest BCUT2D eigenvalue weighted by atomic mass is 9.91. The van der Waals surface area contributed by atoms with E-state index in [0.717, 1.165) is 12.5 Å². The Labute approximate surface area is 111 Å². The summed E-state index contributed by atoms with van der Waals surface area (Å²) in [6.45, 7) is 10.9. The summed E-state index contributed by atoms with van der Waals surface area (Å²) in [5.41, 5.74) is -0.768. The second-order valence-corrected chi connectivity index (χ2v) is 5.86. The van der Waals surface area contributed by atoms with E-state index in [2.05, 4.69) is 11.9 Å². The van der Waals surface area contributed by atoms with Gasteiger partial charge in [0.1, 0.15) is 0 Å². The molecule has 0 rings (SSSR count). The predicted octanol–water partition coefficient (Wildman–Crippen LogP) is 1.41. The summed E-state index contributed by atoms with van der Waals surface area (Å²) in [7, 11) is -2.94. The zero-order valence-corrected chi connectivity index (χ0v) is 12.3. The molecule has 5 nitrogen and oxygen atoms in total. The first-order valence-electron chi connectivity index (χ1n) is 5.94. The van der Waals surface area contributed by atoms with E-state index in [4.69, 9.17) is 4.18 Å². The molecule has 0 aromatic rings. The number of hydrogen-bond acceptors (Lipinski definition) is 4. The van der Waals surface area contributed by atoms with Crippen molar-refractivity contribution in [1.82, 2.24) is 5.32 Å². The van der Waals surface area contributed by atoms with Gasteiger partial charge in [0, 0.05) is 0 Å². The first-order valence-corrected chi connectivity index (χ1v) is 7.04. The molecule has 1 amide bonds. The van der Waals surface area contributed by atoms with E-state index in [1.54, 1.807) is 13.8 Å². The van der Waals surface area contributed by atoms with Gasteiger partial charge in [-0.25, -0.2) is 8.42 Å². The molecule has 1 unspecified atom stereocenters. The molecule has 0 spiro atoms. The van der Waals surface area contributed by atoms with E-state index in [0.29, 0.717) is 12.3 Å². The summed E-state index contributed by atoms with van der Waals surface area (Å²) in [6.07, 6.45) is 1.95. The lowest BCUT2D eigenvalue weighted by Crippen LogP contribution is -2.52. The summed E-state index contributed by atoms with van der Waals surface area (Å²) in [6, 6.07) is 0. The first-order chi connectivity index (χ1) is 8.19. The highest BCUT2D eigenvalue weighted by Gasteiger charge is 2.32. The van der Waals surface area contributed by atoms with Crippen molar-refractivity contribution in [3.63, 3.8) is 0 Å². The number of amides is 1. The number of rotatable bonds is 8. The molecular formula is C12H23NO4S. The van der Waals surface area contributed by atoms with E-state index < -0.39 is 22.6 Å². The zero-order valence-electron chi connectivity index (χ0n) is 11.4. The van der Waals surface area contributed by atoms with Crippen molar-refractivity contribution in [2.45, 2.75) is 52.2 Å². The highest BCUT2D eigenvalue weighted by atomic mass is 32.2. The van der Waals surface area contributed by atoms with Crippen molar-refractivity contribution < 1.29 is 17.4 Å². The minimum absolute atomic E-state index is 0.348. The number of nitrogens with one attached hydrogen (secondary N) is 1. The Hall–Kier alpha value is -0.880. The van der Waals surface area contributed by atoms with Crippen LogP contribution in [-0.4, -0.2) is 26.0 Å². The van der Waals surface area contributed by atoms with Crippen molar-refractivity contribution in [2.75, 3.05) is 0 Å². The SMILES string of the molecule is C=CC(=O)NC(C)(C)C(CCC(C)C)O[SH](=O)=O. The van der Waals surface area contributed by atoms with Crippen molar-refractivity contribution in [2.24, 2.45) is 5.92 Å². The molecule has 0 aromatic heterocycles. The zero-order chi connectivity index (χ0) is 14.3. The van der Waals surface area contributed by atoms with Crippen LogP contribution >= 0.6 is 0 Å². The van der Waals surface area contributed by atoms with E-state index in [-0.39, 0.29) is 5.91 Å². The predicted molar refractivity (Wildman–Crippen MR) is 71.7 cm³/mol. The summed E-state index contributed by atoms with van der Waals surface area (Å²) >= 11 is 0. The maximum Gasteiger partial charge on any atom is 0.257 e. The van der Waals surface area contributed by atoms with Crippen LogP contribution in [0.4, 0.5) is 0 Å². The molecule has 0 radical (unpaired) electrons. The van der Waals surface area contributed by atoms with Crippen molar-refractivity contribution in [1.29, 1.82) is 0 Å². The molecule has 0 aliphatic carbocycles. The van der Waals surface area contributed by atoms with Crippen LogP contribution < -0.4 is 5.32 Å². The normalized spacial score (nSPS) is 13.7. The van der Waals surface area contributed by atoms with Crippen LogP contribution in [0.1, 0.15) is 40.5 Å². The average molecular weight is 277 g/mol. The third kappa shape index (κ3) is 6.76. The fourth-order valence-electron chi connectivity index (χ4n) is 1.58. The number of carbonyl (C=O) groups is 1. The van der Waals surface area contributed by atoms with Gasteiger partial charge < -0.3 is 5.32 Å². The summed E-state index contributed by atoms with van der Waals surface area (Å²) in [5, 5.41) is 2.69. The molecular weight excluding hydrogens is 254 g/mol. The van der Waals surface area contributed by atoms with Gasteiger partial charge in [0.15, 0.2) is 0 Å². The summed E-state index contributed by atoms with van der Waals surface area (Å²) < 4.78 is 26.4. The van der Waals surface area contributed by atoms with Crippen LogP contribution in [0.2, 0.25) is 0 Å². The van der Waals surface area contributed by atoms with Crippen molar-refractivity contribution in [3.05, 3.63) is 12.7 Å². The Bertz CT molecular complexity index is 353. The van der Waals surface area contributed by atoms with Gasteiger partial charge >= 0.3 is 0 Å². The van der Waals surface area contributed by atoms with E-state index in [1.165, 1.54) is 0 Å². The molecule has 0 fully saturated rings. The molecule has 0 aliphatic rings. The minimum atomic E-state index is -2.94. The Morgan fingerprint density at radius 2 is 1.94 bits per heavy atom. The van der Waals surface area contributed by atoms with Crippen LogP contribution in [0.25, 0.3) is 0 Å². The standard InChI is InChI=1S/C12H23NO4S/c1-6-11(14)13-12(4,5)10(17-18(15)16)8-7-9(2)3/h6,9-10,18H,1,7-8H2,2-5H3,(H,13,14). The molecule has 0 saturated carbocycles. The second-order valence-electron chi connectivity index (χ2n) is 5.20. The maximum absolute atomic E-state index is 11.3. The van der Waals surface area contributed by atoms with Gasteiger partial charge in [0.25, 0.3) is 11.0 Å². The highest BCUT2D eigenvalue weighted by molar-refractivity contribution is 7.67. The molecule has 1 atom stereocenters. The largest absolute Gasteiger partial charge is 0.345 e. The Morgan fingerprint density at radius 3 is 2.33 bits per heavy atom. The third-order valence-corrected chi connectivity index (χ3v) is 3.08. The van der Waals surface area contributed by atoms with Crippen molar-refractivity contribution >= 4 is 16.9 Å². The molecule has 0 aliphatic heterocycles. The Balaban J connectivity index is 4.79. The average Bonchev–Trinajstić information content (AvgIpc) is 2.22. The molecule has 18 heavy (non-hydrogen) atoms. The van der Waals surface area contributed by atoms with Gasteiger partial charge in [-0.3, -0.25) is 8.98 Å². The lowest BCUT2D eigenvalue weighted by molar-refractivity contribution is -0.119. The van der Waals surface area contributed by atoms with E-state index in [1.807, 2.05) is 13.8 Å². The van der Waals surface area contributed by atoms with Gasteiger partial charge in [-0.15, -0.1) is 0 Å². The highest BCUT2D eigenvalue weighted by Crippen LogP contribution is 2.20. The second kappa shape index (κ2) is 7.53. The van der Waals surface area contributed by atoms with Gasteiger partial charge in [0.2, 0.25) is 5.91 Å². The van der Waals surface area contributed by atoms with Gasteiger partial charge in [0.05, 0.1) is 11.6 Å². The Kier molecular flexibility index (Phi) is 7.16. The quantitative estimate of drug-likeness (QED) is 0.520. The van der Waals surface area contributed by atoms with Crippen LogP contribution in [0.5, 0.6) is 0 Å². The fraction of sp³-hybridized carbons (Fsp3) is 0.750. The van der Waals surface area contributed by atoms with E-state index >= 15 is 0 Å². The minimum Gasteiger partial charge on any atom is -0.345 e. The molecule has 6 heteroatoms. The smallest absolute Gasteiger partial charge is 0.257 e. The summed E-state index contributed by atoms with van der Waals surface area (Å²) in [5.74, 6) is 0.0887. The molecule has 1 N–H and O–H groups in total. The maximum atomic E-state index is 11.3. The number of carbonyl (C=O) groups excluding carboxylic acids is 1. The lowest BCUT2D eigenvalue weighted by Gasteiger charge is -2.33.